The highest BCUT2D eigenvalue weighted by Gasteiger charge is 2.44. The smallest absolute Gasteiger partial charge is 0.318 e. The van der Waals surface area contributed by atoms with Gasteiger partial charge in [-0.1, -0.05) is 0 Å². The van der Waals surface area contributed by atoms with E-state index in [0.717, 1.165) is 80.4 Å². The molecule has 0 saturated carbocycles. The molecule has 200 valence electrons. The summed E-state index contributed by atoms with van der Waals surface area (Å²) in [4.78, 5) is 28.9. The van der Waals surface area contributed by atoms with Crippen molar-refractivity contribution in [1.29, 1.82) is 0 Å². The van der Waals surface area contributed by atoms with E-state index in [1.165, 1.54) is 6.42 Å². The van der Waals surface area contributed by atoms with Gasteiger partial charge in [0.1, 0.15) is 12.4 Å². The van der Waals surface area contributed by atoms with Gasteiger partial charge >= 0.3 is 6.01 Å². The summed E-state index contributed by atoms with van der Waals surface area (Å²) in [6.07, 6.45) is 3.88. The third-order valence-corrected chi connectivity index (χ3v) is 8.23. The van der Waals surface area contributed by atoms with Crippen LogP contribution in [0.25, 0.3) is 0 Å². The van der Waals surface area contributed by atoms with Crippen LogP contribution in [0.1, 0.15) is 52.3 Å². The monoisotopic (exact) mass is 511 g/mol. The van der Waals surface area contributed by atoms with Crippen molar-refractivity contribution in [2.24, 2.45) is 0 Å². The van der Waals surface area contributed by atoms with Gasteiger partial charge in [0.2, 0.25) is 0 Å². The van der Waals surface area contributed by atoms with Crippen LogP contribution in [-0.2, 0) is 35.6 Å². The maximum atomic E-state index is 12.7. The van der Waals surface area contributed by atoms with Gasteiger partial charge in [-0.3, -0.25) is 14.4 Å². The van der Waals surface area contributed by atoms with Crippen molar-refractivity contribution in [2.45, 2.75) is 57.8 Å². The van der Waals surface area contributed by atoms with Crippen LogP contribution < -0.4 is 9.64 Å². The van der Waals surface area contributed by atoms with Crippen molar-refractivity contribution < 1.29 is 19.0 Å². The highest BCUT2D eigenvalue weighted by Crippen LogP contribution is 2.34. The van der Waals surface area contributed by atoms with E-state index in [2.05, 4.69) is 14.9 Å². The molecule has 0 spiro atoms. The van der Waals surface area contributed by atoms with Crippen LogP contribution in [0.4, 0.5) is 5.82 Å². The Morgan fingerprint density at radius 3 is 2.86 bits per heavy atom. The molecule has 1 atom stereocenters. The number of aromatic nitrogens is 4. The van der Waals surface area contributed by atoms with E-state index in [1.807, 2.05) is 11.6 Å². The average molecular weight is 512 g/mol. The van der Waals surface area contributed by atoms with Crippen molar-refractivity contribution in [3.8, 4) is 6.01 Å². The molecule has 6 rings (SSSR count). The Labute approximate surface area is 217 Å². The number of nitrogens with zero attached hydrogens (tertiary/aromatic N) is 7. The van der Waals surface area contributed by atoms with Crippen molar-refractivity contribution in [3.63, 3.8) is 0 Å². The fourth-order valence-corrected chi connectivity index (χ4v) is 6.10. The SMILES string of the molecule is Cc1c(C(=O)N(C)C)nn2c1CN(c1nc(OCC34CCCN3CCOC4)nc3c1COCC3)CCC2. The lowest BCUT2D eigenvalue weighted by Crippen LogP contribution is -2.56. The molecular weight excluding hydrogens is 474 g/mol. The van der Waals surface area contributed by atoms with E-state index in [4.69, 9.17) is 24.2 Å². The summed E-state index contributed by atoms with van der Waals surface area (Å²) < 4.78 is 20.0. The second kappa shape index (κ2) is 9.85. The second-order valence-electron chi connectivity index (χ2n) is 10.8. The first kappa shape index (κ1) is 24.6. The lowest BCUT2D eigenvalue weighted by molar-refractivity contribution is -0.0665. The van der Waals surface area contributed by atoms with Crippen LogP contribution >= 0.6 is 0 Å². The number of carbonyl (C=O) groups excluding carboxylic acids is 1. The third kappa shape index (κ3) is 4.46. The fourth-order valence-electron chi connectivity index (χ4n) is 6.10. The lowest BCUT2D eigenvalue weighted by atomic mass is 9.97. The summed E-state index contributed by atoms with van der Waals surface area (Å²) in [5.74, 6) is 0.801. The standard InChI is InChI=1S/C26H37N7O4/c1-18-21-14-31(8-5-10-33(21)29-22(18)24(34)30(2)3)23-19-15-35-12-6-20(19)27-25(28-23)37-17-26-7-4-9-32(26)11-13-36-16-26/h4-17H2,1-3H3. The molecule has 2 aromatic heterocycles. The molecule has 1 amide bonds. The van der Waals surface area contributed by atoms with Crippen molar-refractivity contribution in [2.75, 3.05) is 65.1 Å². The Balaban J connectivity index is 1.30. The molecule has 0 aromatic carbocycles. The molecule has 37 heavy (non-hydrogen) atoms. The highest BCUT2D eigenvalue weighted by atomic mass is 16.5. The number of anilines is 1. The molecule has 11 heteroatoms. The van der Waals surface area contributed by atoms with Crippen LogP contribution in [0.15, 0.2) is 0 Å². The molecule has 6 heterocycles. The maximum absolute atomic E-state index is 12.7. The zero-order chi connectivity index (χ0) is 25.6. The molecule has 0 N–H and O–H groups in total. The topological polar surface area (TPSA) is 98.1 Å². The van der Waals surface area contributed by atoms with Gasteiger partial charge in [0.05, 0.1) is 49.9 Å². The summed E-state index contributed by atoms with van der Waals surface area (Å²) in [5, 5.41) is 4.68. The van der Waals surface area contributed by atoms with E-state index in [1.54, 1.807) is 19.0 Å². The number of amides is 1. The van der Waals surface area contributed by atoms with Crippen molar-refractivity contribution in [1.82, 2.24) is 29.5 Å². The number of rotatable bonds is 5. The first-order valence-electron chi connectivity index (χ1n) is 13.4. The van der Waals surface area contributed by atoms with Crippen molar-refractivity contribution >= 4 is 11.7 Å². The molecule has 2 fully saturated rings. The molecule has 11 nitrogen and oxygen atoms in total. The number of carbonyl (C=O) groups is 1. The van der Waals surface area contributed by atoms with E-state index >= 15 is 0 Å². The van der Waals surface area contributed by atoms with E-state index in [9.17, 15) is 4.79 Å². The van der Waals surface area contributed by atoms with Crippen LogP contribution in [-0.4, -0.2) is 101 Å². The van der Waals surface area contributed by atoms with Crippen LogP contribution in [0, 0.1) is 6.92 Å². The molecule has 0 radical (unpaired) electrons. The zero-order valence-electron chi connectivity index (χ0n) is 22.2. The van der Waals surface area contributed by atoms with Gasteiger partial charge in [-0.2, -0.15) is 15.1 Å². The summed E-state index contributed by atoms with van der Waals surface area (Å²) in [6, 6.07) is 0.431. The van der Waals surface area contributed by atoms with Crippen molar-refractivity contribution in [3.05, 3.63) is 28.2 Å². The number of hydrogen-bond donors (Lipinski definition) is 0. The van der Waals surface area contributed by atoms with Gasteiger partial charge in [0, 0.05) is 51.3 Å². The quantitative estimate of drug-likeness (QED) is 0.590. The lowest BCUT2D eigenvalue weighted by Gasteiger charge is -2.41. The third-order valence-electron chi connectivity index (χ3n) is 8.23. The first-order valence-corrected chi connectivity index (χ1v) is 13.4. The van der Waals surface area contributed by atoms with Gasteiger partial charge in [-0.25, -0.2) is 0 Å². The first-order chi connectivity index (χ1) is 17.9. The molecule has 4 aliphatic rings. The number of fused-ring (bicyclic) bond motifs is 3. The van der Waals surface area contributed by atoms with Gasteiger partial charge in [-0.05, 0) is 32.7 Å². The molecular formula is C26H37N7O4. The molecule has 2 saturated heterocycles. The summed E-state index contributed by atoms with van der Waals surface area (Å²) >= 11 is 0. The Morgan fingerprint density at radius 2 is 2.00 bits per heavy atom. The van der Waals surface area contributed by atoms with Crippen LogP contribution in [0.5, 0.6) is 6.01 Å². The van der Waals surface area contributed by atoms with E-state index in [-0.39, 0.29) is 11.4 Å². The largest absolute Gasteiger partial charge is 0.461 e. The number of hydrogen-bond acceptors (Lipinski definition) is 9. The molecule has 4 aliphatic heterocycles. The highest BCUT2D eigenvalue weighted by molar-refractivity contribution is 5.93. The zero-order valence-corrected chi connectivity index (χ0v) is 22.2. The Bertz CT molecular complexity index is 1180. The maximum Gasteiger partial charge on any atom is 0.318 e. The number of aryl methyl sites for hydroxylation is 1. The predicted molar refractivity (Wildman–Crippen MR) is 136 cm³/mol. The minimum Gasteiger partial charge on any atom is -0.461 e. The van der Waals surface area contributed by atoms with Gasteiger partial charge in [-0.15, -0.1) is 0 Å². The minimum atomic E-state index is -0.0810. The molecule has 0 bridgehead atoms. The van der Waals surface area contributed by atoms with Crippen LogP contribution in [0.3, 0.4) is 0 Å². The molecule has 0 aliphatic carbocycles. The van der Waals surface area contributed by atoms with Gasteiger partial charge < -0.3 is 24.0 Å². The second-order valence-corrected chi connectivity index (χ2v) is 10.8. The number of morpholine rings is 1. The Morgan fingerprint density at radius 1 is 1.11 bits per heavy atom. The number of ether oxygens (including phenoxy) is 3. The van der Waals surface area contributed by atoms with E-state index < -0.39 is 0 Å². The normalized spacial score (nSPS) is 23.7. The molecule has 1 unspecified atom stereocenters. The van der Waals surface area contributed by atoms with Crippen LogP contribution in [0.2, 0.25) is 0 Å². The fraction of sp³-hybridized carbons (Fsp3) is 0.692. The van der Waals surface area contributed by atoms with Gasteiger partial charge in [0.25, 0.3) is 5.91 Å². The minimum absolute atomic E-state index is 0.0693. The summed E-state index contributed by atoms with van der Waals surface area (Å²) in [6.45, 7) is 9.41. The summed E-state index contributed by atoms with van der Waals surface area (Å²) in [7, 11) is 3.52. The predicted octanol–water partition coefficient (Wildman–Crippen LogP) is 1.41. The van der Waals surface area contributed by atoms with Gasteiger partial charge in [0.15, 0.2) is 5.69 Å². The Hall–Kier alpha value is -2.76. The summed E-state index contributed by atoms with van der Waals surface area (Å²) in [5.41, 5.74) is 4.46. The molecule has 2 aromatic rings. The Kier molecular flexibility index (Phi) is 6.54. The average Bonchev–Trinajstić information content (AvgIpc) is 3.39. The van der Waals surface area contributed by atoms with E-state index in [0.29, 0.717) is 44.7 Å².